The van der Waals surface area contributed by atoms with Crippen LogP contribution in [0.25, 0.3) is 16.2 Å². The molecule has 11 heteroatoms. The number of piperazine rings is 1. The molecule has 0 unspecified atom stereocenters. The lowest BCUT2D eigenvalue weighted by Crippen LogP contribution is -2.48. The van der Waals surface area contributed by atoms with Crippen LogP contribution in [0.15, 0.2) is 53.9 Å². The topological polar surface area (TPSA) is 53.7 Å². The lowest BCUT2D eigenvalue weighted by Gasteiger charge is -2.35. The van der Waals surface area contributed by atoms with Crippen molar-refractivity contribution >= 4 is 28.5 Å². The Kier molecular flexibility index (Phi) is 5.82. The highest BCUT2D eigenvalue weighted by Crippen LogP contribution is 2.33. The zero-order valence-electron chi connectivity index (χ0n) is 17.8. The summed E-state index contributed by atoms with van der Waals surface area (Å²) in [6.45, 7) is 2.51. The number of Topliss-reactive ketones (excluding diaryl/α,β-unsaturated/α-hetero) is 1. The van der Waals surface area contributed by atoms with Gasteiger partial charge in [0.2, 0.25) is 0 Å². The Hall–Kier alpha value is -3.31. The van der Waals surface area contributed by atoms with Crippen molar-refractivity contribution in [1.29, 1.82) is 0 Å². The molecule has 0 N–H and O–H groups in total. The van der Waals surface area contributed by atoms with Crippen molar-refractivity contribution in [2.24, 2.45) is 0 Å². The van der Waals surface area contributed by atoms with Gasteiger partial charge in [0.15, 0.2) is 17.1 Å². The molecule has 1 saturated heterocycles. The van der Waals surface area contributed by atoms with Crippen molar-refractivity contribution in [2.75, 3.05) is 37.6 Å². The second-order valence-corrected chi connectivity index (χ2v) is 8.91. The van der Waals surface area contributed by atoms with E-state index in [4.69, 9.17) is 0 Å². The maximum absolute atomic E-state index is 13.7. The number of ketones is 1. The number of anilines is 1. The molecule has 0 spiro atoms. The fourth-order valence-electron chi connectivity index (χ4n) is 3.96. The fourth-order valence-corrected chi connectivity index (χ4v) is 4.65. The van der Waals surface area contributed by atoms with Crippen LogP contribution in [-0.2, 0) is 6.18 Å². The fraction of sp³-hybridized carbons (Fsp3) is 0.261. The maximum atomic E-state index is 13.7. The molecule has 0 aliphatic carbocycles. The Bertz CT molecular complexity index is 1310. The first-order chi connectivity index (χ1) is 16.3. The number of fused-ring (bicyclic) bond motifs is 1. The molecule has 4 heterocycles. The van der Waals surface area contributed by atoms with Gasteiger partial charge in [-0.1, -0.05) is 6.07 Å². The Morgan fingerprint density at radius 3 is 2.41 bits per heavy atom. The number of alkyl halides is 3. The Balaban J connectivity index is 1.33. The van der Waals surface area contributed by atoms with Gasteiger partial charge in [-0.15, -0.1) is 11.3 Å². The van der Waals surface area contributed by atoms with Crippen molar-refractivity contribution in [3.63, 3.8) is 0 Å². The van der Waals surface area contributed by atoms with E-state index in [1.165, 1.54) is 29.5 Å². The standard InChI is InChI=1S/C23H19F4N5OS/c24-15-3-5-16(6-4-15)31-9-7-30(8-10-31)14-19(33)17-13-22-28-18(20-2-1-11-34-20)12-21(23(25,26)27)32(22)29-17/h1-6,11-13H,7-10,14H2. The molecule has 0 amide bonds. The van der Waals surface area contributed by atoms with Gasteiger partial charge in [0.25, 0.3) is 0 Å². The van der Waals surface area contributed by atoms with Crippen LogP contribution in [0.3, 0.4) is 0 Å². The number of benzene rings is 1. The molecule has 1 fully saturated rings. The van der Waals surface area contributed by atoms with E-state index in [2.05, 4.69) is 15.0 Å². The second-order valence-electron chi connectivity index (χ2n) is 7.96. The predicted octanol–water partition coefficient (Wildman–Crippen LogP) is 4.62. The predicted molar refractivity (Wildman–Crippen MR) is 121 cm³/mol. The number of carbonyl (C=O) groups excluding carboxylic acids is 1. The van der Waals surface area contributed by atoms with Crippen LogP contribution in [0, 0.1) is 5.82 Å². The van der Waals surface area contributed by atoms with E-state index < -0.39 is 11.9 Å². The van der Waals surface area contributed by atoms with E-state index >= 15 is 0 Å². The first-order valence-corrected chi connectivity index (χ1v) is 11.4. The van der Waals surface area contributed by atoms with Gasteiger partial charge in [0.1, 0.15) is 11.5 Å². The number of hydrogen-bond donors (Lipinski definition) is 0. The molecule has 0 bridgehead atoms. The quantitative estimate of drug-likeness (QED) is 0.303. The molecule has 1 aliphatic rings. The molecule has 3 aromatic heterocycles. The van der Waals surface area contributed by atoms with Crippen LogP contribution in [0.5, 0.6) is 0 Å². The molecule has 1 aromatic carbocycles. The summed E-state index contributed by atoms with van der Waals surface area (Å²) in [5.74, 6) is -0.669. The molecular formula is C23H19F4N5OS. The summed E-state index contributed by atoms with van der Waals surface area (Å²) in [6.07, 6.45) is -4.66. The van der Waals surface area contributed by atoms with Crippen molar-refractivity contribution in [3.05, 3.63) is 71.1 Å². The third-order valence-electron chi connectivity index (χ3n) is 5.71. The van der Waals surface area contributed by atoms with Crippen molar-refractivity contribution in [3.8, 4) is 10.6 Å². The van der Waals surface area contributed by atoms with Gasteiger partial charge in [0.05, 0.1) is 17.1 Å². The van der Waals surface area contributed by atoms with Gasteiger partial charge in [-0.25, -0.2) is 13.9 Å². The van der Waals surface area contributed by atoms with Crippen LogP contribution >= 0.6 is 11.3 Å². The van der Waals surface area contributed by atoms with Crippen molar-refractivity contribution in [2.45, 2.75) is 6.18 Å². The first kappa shape index (κ1) is 22.5. The number of aromatic nitrogens is 3. The largest absolute Gasteiger partial charge is 0.433 e. The summed E-state index contributed by atoms with van der Waals surface area (Å²) in [5.41, 5.74) is 0.0310. The summed E-state index contributed by atoms with van der Waals surface area (Å²) >= 11 is 1.28. The molecule has 176 valence electrons. The number of rotatable bonds is 5. The molecule has 4 aromatic rings. The number of carbonyl (C=O) groups is 1. The lowest BCUT2D eigenvalue weighted by molar-refractivity contribution is -0.142. The number of halogens is 4. The highest BCUT2D eigenvalue weighted by molar-refractivity contribution is 7.13. The van der Waals surface area contributed by atoms with Gasteiger partial charge >= 0.3 is 6.18 Å². The SMILES string of the molecule is O=C(CN1CCN(c2ccc(F)cc2)CC1)c1cc2nc(-c3cccs3)cc(C(F)(F)F)n2n1. The molecule has 0 radical (unpaired) electrons. The van der Waals surface area contributed by atoms with Crippen molar-refractivity contribution < 1.29 is 22.4 Å². The van der Waals surface area contributed by atoms with Gasteiger partial charge in [-0.2, -0.15) is 18.3 Å². The minimum atomic E-state index is -4.66. The monoisotopic (exact) mass is 489 g/mol. The highest BCUT2D eigenvalue weighted by atomic mass is 32.1. The third kappa shape index (κ3) is 4.53. The zero-order valence-corrected chi connectivity index (χ0v) is 18.6. The van der Waals surface area contributed by atoms with E-state index in [-0.39, 0.29) is 35.2 Å². The van der Waals surface area contributed by atoms with Gasteiger partial charge in [0, 0.05) is 37.9 Å². The molecular weight excluding hydrogens is 470 g/mol. The number of thiophene rings is 1. The molecule has 5 rings (SSSR count). The summed E-state index contributed by atoms with van der Waals surface area (Å²) in [4.78, 5) is 21.8. The normalized spacial score (nSPS) is 15.2. The Labute approximate surface area is 196 Å². The summed E-state index contributed by atoms with van der Waals surface area (Å²) in [5, 5.41) is 5.71. The third-order valence-corrected chi connectivity index (χ3v) is 6.60. The first-order valence-electron chi connectivity index (χ1n) is 10.6. The van der Waals surface area contributed by atoms with E-state index in [9.17, 15) is 22.4 Å². The number of nitrogens with zero attached hydrogens (tertiary/aromatic N) is 5. The average molecular weight is 489 g/mol. The second kappa shape index (κ2) is 8.80. The van der Waals surface area contributed by atoms with Crippen LogP contribution < -0.4 is 4.90 Å². The van der Waals surface area contributed by atoms with Crippen LogP contribution in [-0.4, -0.2) is 58.0 Å². The Morgan fingerprint density at radius 1 is 1.03 bits per heavy atom. The Morgan fingerprint density at radius 2 is 1.76 bits per heavy atom. The summed E-state index contributed by atoms with van der Waals surface area (Å²) < 4.78 is 55.0. The van der Waals surface area contributed by atoms with E-state index in [1.54, 1.807) is 29.6 Å². The minimum Gasteiger partial charge on any atom is -0.369 e. The van der Waals surface area contributed by atoms with Crippen molar-refractivity contribution in [1.82, 2.24) is 19.5 Å². The average Bonchev–Trinajstić information content (AvgIpc) is 3.49. The van der Waals surface area contributed by atoms with E-state index in [0.29, 0.717) is 35.6 Å². The minimum absolute atomic E-state index is 0.0253. The summed E-state index contributed by atoms with van der Waals surface area (Å²) in [6, 6.07) is 11.9. The zero-order chi connectivity index (χ0) is 23.9. The molecule has 1 aliphatic heterocycles. The van der Waals surface area contributed by atoms with E-state index in [0.717, 1.165) is 11.8 Å². The van der Waals surface area contributed by atoms with Gasteiger partial charge < -0.3 is 4.90 Å². The molecule has 0 atom stereocenters. The molecule has 0 saturated carbocycles. The smallest absolute Gasteiger partial charge is 0.369 e. The maximum Gasteiger partial charge on any atom is 0.433 e. The lowest BCUT2D eigenvalue weighted by atomic mass is 10.2. The van der Waals surface area contributed by atoms with Crippen LogP contribution in [0.1, 0.15) is 16.2 Å². The number of hydrogen-bond acceptors (Lipinski definition) is 6. The van der Waals surface area contributed by atoms with Crippen LogP contribution in [0.4, 0.5) is 23.2 Å². The van der Waals surface area contributed by atoms with Gasteiger partial charge in [-0.3, -0.25) is 9.69 Å². The molecule has 34 heavy (non-hydrogen) atoms. The highest BCUT2D eigenvalue weighted by Gasteiger charge is 2.36. The summed E-state index contributed by atoms with van der Waals surface area (Å²) in [7, 11) is 0. The van der Waals surface area contributed by atoms with Crippen LogP contribution in [0.2, 0.25) is 0 Å². The molecule has 6 nitrogen and oxygen atoms in total. The van der Waals surface area contributed by atoms with Gasteiger partial charge in [-0.05, 0) is 41.8 Å². The van der Waals surface area contributed by atoms with E-state index in [1.807, 2.05) is 4.90 Å².